The lowest BCUT2D eigenvalue weighted by Gasteiger charge is -2.13. The molecule has 2 aromatic carbocycles. The first-order chi connectivity index (χ1) is 13.5. The Balaban J connectivity index is 2.04. The van der Waals surface area contributed by atoms with Gasteiger partial charge in [-0.15, -0.1) is 0 Å². The zero-order valence-electron chi connectivity index (χ0n) is 15.6. The van der Waals surface area contributed by atoms with Crippen LogP contribution in [0.2, 0.25) is 5.02 Å². The van der Waals surface area contributed by atoms with Crippen molar-refractivity contribution in [3.8, 4) is 5.75 Å². The zero-order valence-corrected chi connectivity index (χ0v) is 16.3. The molecule has 0 fully saturated rings. The highest BCUT2D eigenvalue weighted by atomic mass is 35.5. The number of halogens is 1. The van der Waals surface area contributed by atoms with Crippen LogP contribution >= 0.6 is 11.6 Å². The lowest BCUT2D eigenvalue weighted by molar-refractivity contribution is -0.147. The van der Waals surface area contributed by atoms with Crippen molar-refractivity contribution in [2.75, 3.05) is 20.3 Å². The Morgan fingerprint density at radius 3 is 2.50 bits per heavy atom. The van der Waals surface area contributed by atoms with Crippen LogP contribution in [-0.2, 0) is 16.0 Å². The molecule has 0 amide bonds. The van der Waals surface area contributed by atoms with Gasteiger partial charge in [0.25, 0.3) is 0 Å². The minimum atomic E-state index is -1.07. The van der Waals surface area contributed by atoms with E-state index < -0.39 is 18.7 Å². The highest BCUT2D eigenvalue weighted by Gasteiger charge is 2.17. The molecular weight excluding hydrogens is 384 g/mol. The number of aryl methyl sites for hydroxylation is 1. The molecule has 6 nitrogen and oxygen atoms in total. The number of carbonyl (C=O) groups excluding carboxylic acids is 2. The number of benzene rings is 2. The van der Waals surface area contributed by atoms with E-state index in [9.17, 15) is 14.7 Å². The van der Waals surface area contributed by atoms with Crippen molar-refractivity contribution in [3.05, 3.63) is 64.2 Å². The topological polar surface area (TPSA) is 93.1 Å². The maximum atomic E-state index is 12.8. The largest absolute Gasteiger partial charge is 0.496 e. The van der Waals surface area contributed by atoms with Gasteiger partial charge in [-0.05, 0) is 48.7 Å². The molecule has 2 N–H and O–H groups in total. The van der Waals surface area contributed by atoms with Crippen molar-refractivity contribution in [1.29, 1.82) is 0 Å². The van der Waals surface area contributed by atoms with Gasteiger partial charge in [-0.25, -0.2) is 0 Å². The second kappa shape index (κ2) is 10.8. The van der Waals surface area contributed by atoms with Gasteiger partial charge >= 0.3 is 5.97 Å². The lowest BCUT2D eigenvalue weighted by atomic mass is 9.97. The fraction of sp³-hybridized carbons (Fsp3) is 0.333. The van der Waals surface area contributed by atoms with Gasteiger partial charge in [0.2, 0.25) is 0 Å². The smallest absolute Gasteiger partial charge is 0.305 e. The molecule has 0 aliphatic carbocycles. The molecule has 150 valence electrons. The predicted octanol–water partition coefficient (Wildman–Crippen LogP) is 2.80. The number of esters is 1. The van der Waals surface area contributed by atoms with Crippen LogP contribution in [0.5, 0.6) is 5.75 Å². The highest BCUT2D eigenvalue weighted by molar-refractivity contribution is 6.30. The molecule has 0 spiro atoms. The number of aliphatic hydroxyl groups is 2. The first kappa shape index (κ1) is 21.9. The van der Waals surface area contributed by atoms with Crippen LogP contribution in [0.25, 0.3) is 0 Å². The second-order valence-corrected chi connectivity index (χ2v) is 6.64. The molecule has 0 saturated heterocycles. The summed E-state index contributed by atoms with van der Waals surface area (Å²) in [6, 6.07) is 12.0. The third-order valence-corrected chi connectivity index (χ3v) is 4.38. The number of methoxy groups -OCH3 is 1. The Kier molecular flexibility index (Phi) is 8.44. The standard InChI is InChI=1S/C21H23ClO6/c1-27-21-15(5-3-7-19(25)28-13-17(24)12-23)4-2-6-18(21)20(26)14-8-10-16(22)11-9-14/h2,4,6,8-11,17,23-24H,3,5,7,12-13H2,1H3. The van der Waals surface area contributed by atoms with Crippen molar-refractivity contribution in [3.63, 3.8) is 0 Å². The molecule has 0 aliphatic heterocycles. The van der Waals surface area contributed by atoms with E-state index in [4.69, 9.17) is 26.2 Å². The fourth-order valence-corrected chi connectivity index (χ4v) is 2.82. The Bertz CT molecular complexity index is 803. The van der Waals surface area contributed by atoms with Crippen molar-refractivity contribution < 1.29 is 29.3 Å². The van der Waals surface area contributed by atoms with E-state index in [2.05, 4.69) is 0 Å². The zero-order chi connectivity index (χ0) is 20.5. The van der Waals surface area contributed by atoms with Gasteiger partial charge in [0, 0.05) is 17.0 Å². The Morgan fingerprint density at radius 1 is 1.14 bits per heavy atom. The summed E-state index contributed by atoms with van der Waals surface area (Å²) in [7, 11) is 1.50. The Labute approximate surface area is 168 Å². The first-order valence-electron chi connectivity index (χ1n) is 8.87. The molecule has 28 heavy (non-hydrogen) atoms. The normalized spacial score (nSPS) is 11.7. The van der Waals surface area contributed by atoms with Gasteiger partial charge in [0.05, 0.1) is 19.3 Å². The molecule has 2 rings (SSSR count). The highest BCUT2D eigenvalue weighted by Crippen LogP contribution is 2.28. The van der Waals surface area contributed by atoms with E-state index in [0.29, 0.717) is 34.7 Å². The van der Waals surface area contributed by atoms with Crippen LogP contribution in [0, 0.1) is 0 Å². The number of carbonyl (C=O) groups is 2. The quantitative estimate of drug-likeness (QED) is 0.465. The van der Waals surface area contributed by atoms with Gasteiger partial charge in [0.15, 0.2) is 5.78 Å². The van der Waals surface area contributed by atoms with Crippen LogP contribution in [0.3, 0.4) is 0 Å². The van der Waals surface area contributed by atoms with Crippen molar-refractivity contribution >= 4 is 23.4 Å². The van der Waals surface area contributed by atoms with Gasteiger partial charge in [-0.1, -0.05) is 23.7 Å². The SMILES string of the molecule is COc1c(CCCC(=O)OCC(O)CO)cccc1C(=O)c1ccc(Cl)cc1. The maximum Gasteiger partial charge on any atom is 0.305 e. The van der Waals surface area contributed by atoms with Crippen LogP contribution in [0.15, 0.2) is 42.5 Å². The number of hydrogen-bond acceptors (Lipinski definition) is 6. The molecule has 0 heterocycles. The van der Waals surface area contributed by atoms with Crippen molar-refractivity contribution in [2.24, 2.45) is 0 Å². The Hall–Kier alpha value is -2.41. The summed E-state index contributed by atoms with van der Waals surface area (Å²) in [4.78, 5) is 24.5. The minimum absolute atomic E-state index is 0.149. The third-order valence-electron chi connectivity index (χ3n) is 4.13. The van der Waals surface area contributed by atoms with E-state index >= 15 is 0 Å². The molecule has 7 heteroatoms. The van der Waals surface area contributed by atoms with E-state index in [1.165, 1.54) is 7.11 Å². The summed E-state index contributed by atoms with van der Waals surface area (Å²) in [5.74, 6) is -0.154. The summed E-state index contributed by atoms with van der Waals surface area (Å²) < 4.78 is 10.3. The van der Waals surface area contributed by atoms with E-state index in [-0.39, 0.29) is 18.8 Å². The van der Waals surface area contributed by atoms with Crippen molar-refractivity contribution in [2.45, 2.75) is 25.4 Å². The predicted molar refractivity (Wildman–Crippen MR) is 105 cm³/mol. The van der Waals surface area contributed by atoms with Crippen molar-refractivity contribution in [1.82, 2.24) is 0 Å². The average Bonchev–Trinajstić information content (AvgIpc) is 2.71. The molecule has 0 saturated carbocycles. The van der Waals surface area contributed by atoms with E-state index in [1.54, 1.807) is 36.4 Å². The molecule has 2 aromatic rings. The molecule has 1 atom stereocenters. The van der Waals surface area contributed by atoms with E-state index in [1.807, 2.05) is 6.07 Å². The summed E-state index contributed by atoms with van der Waals surface area (Å²) >= 11 is 5.88. The molecule has 0 aromatic heterocycles. The van der Waals surface area contributed by atoms with E-state index in [0.717, 1.165) is 5.56 Å². The van der Waals surface area contributed by atoms with Gasteiger partial charge in [-0.2, -0.15) is 0 Å². The average molecular weight is 407 g/mol. The summed E-state index contributed by atoms with van der Waals surface area (Å²) in [6.45, 7) is -0.692. The molecule has 0 aliphatic rings. The summed E-state index contributed by atoms with van der Waals surface area (Å²) in [6.07, 6.45) is 0.0852. The Morgan fingerprint density at radius 2 is 1.86 bits per heavy atom. The second-order valence-electron chi connectivity index (χ2n) is 6.21. The minimum Gasteiger partial charge on any atom is -0.496 e. The van der Waals surface area contributed by atoms with Crippen LogP contribution in [0.1, 0.15) is 34.3 Å². The molecular formula is C21H23ClO6. The summed E-state index contributed by atoms with van der Waals surface area (Å²) in [5, 5.41) is 18.4. The van der Waals surface area contributed by atoms with Crippen LogP contribution in [-0.4, -0.2) is 48.4 Å². The molecule has 0 radical (unpaired) electrons. The first-order valence-corrected chi connectivity index (χ1v) is 9.24. The number of hydrogen-bond donors (Lipinski definition) is 2. The summed E-state index contributed by atoms with van der Waals surface area (Å²) in [5.41, 5.74) is 1.76. The number of rotatable bonds is 10. The number of para-hydroxylation sites is 1. The van der Waals surface area contributed by atoms with Gasteiger partial charge in [0.1, 0.15) is 18.5 Å². The molecule has 1 unspecified atom stereocenters. The number of ketones is 1. The maximum absolute atomic E-state index is 12.8. The van der Waals surface area contributed by atoms with Gasteiger partial charge in [-0.3, -0.25) is 9.59 Å². The number of ether oxygens (including phenoxy) is 2. The third kappa shape index (κ3) is 6.05. The van der Waals surface area contributed by atoms with Crippen LogP contribution < -0.4 is 4.74 Å². The fourth-order valence-electron chi connectivity index (χ4n) is 2.70. The van der Waals surface area contributed by atoms with Crippen LogP contribution in [0.4, 0.5) is 0 Å². The van der Waals surface area contributed by atoms with Gasteiger partial charge < -0.3 is 19.7 Å². The lowest BCUT2D eigenvalue weighted by Crippen LogP contribution is -2.21. The molecule has 0 bridgehead atoms. The number of aliphatic hydroxyl groups excluding tert-OH is 2. The monoisotopic (exact) mass is 406 g/mol.